The van der Waals surface area contributed by atoms with E-state index in [-0.39, 0.29) is 37.2 Å². The molecule has 0 aliphatic rings. The van der Waals surface area contributed by atoms with Gasteiger partial charge in [0.1, 0.15) is 12.1 Å². The number of hydrogen-bond donors (Lipinski definition) is 6. The van der Waals surface area contributed by atoms with Gasteiger partial charge in [0.05, 0.1) is 6.04 Å². The number of carboxylic acid groups (broad SMARTS) is 1. The first-order chi connectivity index (χ1) is 12.5. The fourth-order valence-corrected chi connectivity index (χ4v) is 2.31. The van der Waals surface area contributed by atoms with Gasteiger partial charge in [0.15, 0.2) is 5.96 Å². The Balaban J connectivity index is 5.12. The first-order valence-corrected chi connectivity index (χ1v) is 9.10. The number of nitrogens with two attached hydrogens (primary N) is 3. The number of guanidine groups is 1. The summed E-state index contributed by atoms with van der Waals surface area (Å²) in [5, 5.41) is 14.4. The third kappa shape index (κ3) is 10.4. The smallest absolute Gasteiger partial charge is 0.326 e. The number of hydrogen-bond acceptors (Lipinski definition) is 5. The Kier molecular flexibility index (Phi) is 11.0. The molecule has 0 bridgehead atoms. The maximum absolute atomic E-state index is 12.6. The van der Waals surface area contributed by atoms with Gasteiger partial charge in [0, 0.05) is 6.54 Å². The van der Waals surface area contributed by atoms with Gasteiger partial charge in [-0.1, -0.05) is 27.7 Å². The molecule has 27 heavy (non-hydrogen) atoms. The van der Waals surface area contributed by atoms with Crippen molar-refractivity contribution in [2.24, 2.45) is 34.0 Å². The summed E-state index contributed by atoms with van der Waals surface area (Å²) < 4.78 is 0. The monoisotopic (exact) mass is 386 g/mol. The van der Waals surface area contributed by atoms with E-state index in [9.17, 15) is 19.5 Å². The van der Waals surface area contributed by atoms with Crippen LogP contribution >= 0.6 is 0 Å². The molecule has 0 radical (unpaired) electrons. The maximum atomic E-state index is 12.6. The zero-order chi connectivity index (χ0) is 21.1. The maximum Gasteiger partial charge on any atom is 0.326 e. The van der Waals surface area contributed by atoms with Crippen molar-refractivity contribution >= 4 is 23.7 Å². The summed E-state index contributed by atoms with van der Waals surface area (Å²) >= 11 is 0. The number of nitrogens with one attached hydrogen (secondary N) is 2. The molecule has 10 heteroatoms. The summed E-state index contributed by atoms with van der Waals surface area (Å²) in [7, 11) is 0. The molecule has 0 rings (SSSR count). The molecule has 156 valence electrons. The standard InChI is InChI=1S/C17H34N6O4/c1-9(2)8-12(16(26)27)23-14(24)11(6-5-7-21-17(19)20)22-15(25)13(18)10(3)4/h9-13H,5-8,18H2,1-4H3,(H,22,25)(H,23,24)(H,26,27)(H4,19,20,21). The van der Waals surface area contributed by atoms with Crippen LogP contribution in [0.2, 0.25) is 0 Å². The minimum Gasteiger partial charge on any atom is -0.480 e. The van der Waals surface area contributed by atoms with Gasteiger partial charge in [-0.3, -0.25) is 14.6 Å². The van der Waals surface area contributed by atoms with Crippen molar-refractivity contribution in [3.05, 3.63) is 0 Å². The first kappa shape index (κ1) is 24.6. The molecule has 0 aromatic heterocycles. The normalized spacial score (nSPS) is 14.3. The van der Waals surface area contributed by atoms with Crippen molar-refractivity contribution in [1.82, 2.24) is 10.6 Å². The van der Waals surface area contributed by atoms with Gasteiger partial charge in [-0.25, -0.2) is 4.79 Å². The largest absolute Gasteiger partial charge is 0.480 e. The topological polar surface area (TPSA) is 186 Å². The van der Waals surface area contributed by atoms with Crippen LogP contribution in [-0.4, -0.2) is 53.5 Å². The summed E-state index contributed by atoms with van der Waals surface area (Å²) in [4.78, 5) is 40.0. The van der Waals surface area contributed by atoms with E-state index in [1.165, 1.54) is 0 Å². The molecule has 0 saturated heterocycles. The van der Waals surface area contributed by atoms with Gasteiger partial charge < -0.3 is 32.9 Å². The molecule has 3 atom stereocenters. The first-order valence-electron chi connectivity index (χ1n) is 9.10. The molecule has 0 spiro atoms. The van der Waals surface area contributed by atoms with Gasteiger partial charge in [-0.05, 0) is 31.1 Å². The van der Waals surface area contributed by atoms with Gasteiger partial charge in [0.2, 0.25) is 11.8 Å². The van der Waals surface area contributed by atoms with Crippen molar-refractivity contribution in [3.63, 3.8) is 0 Å². The minimum atomic E-state index is -1.12. The highest BCUT2D eigenvalue weighted by molar-refractivity contribution is 5.91. The van der Waals surface area contributed by atoms with E-state index in [2.05, 4.69) is 15.6 Å². The molecule has 2 amide bonds. The predicted molar refractivity (Wildman–Crippen MR) is 104 cm³/mol. The average molecular weight is 386 g/mol. The molecule has 10 nitrogen and oxygen atoms in total. The van der Waals surface area contributed by atoms with E-state index < -0.39 is 35.9 Å². The summed E-state index contributed by atoms with van der Waals surface area (Å²) in [5.41, 5.74) is 16.4. The minimum absolute atomic E-state index is 0.0651. The van der Waals surface area contributed by atoms with E-state index in [1.807, 2.05) is 13.8 Å². The second-order valence-electron chi connectivity index (χ2n) is 7.31. The molecule has 0 aromatic rings. The SMILES string of the molecule is CC(C)CC(NC(=O)C(CCCN=C(N)N)NC(=O)C(N)C(C)C)C(=O)O. The lowest BCUT2D eigenvalue weighted by Crippen LogP contribution is -2.55. The lowest BCUT2D eigenvalue weighted by molar-refractivity contribution is -0.142. The number of aliphatic carboxylic acids is 1. The predicted octanol–water partition coefficient (Wildman–Crippen LogP) is -0.876. The van der Waals surface area contributed by atoms with Crippen molar-refractivity contribution < 1.29 is 19.5 Å². The van der Waals surface area contributed by atoms with Crippen LogP contribution in [0.15, 0.2) is 4.99 Å². The number of carbonyl (C=O) groups excluding carboxylic acids is 2. The van der Waals surface area contributed by atoms with E-state index in [0.717, 1.165) is 0 Å². The molecule has 0 fully saturated rings. The van der Waals surface area contributed by atoms with Crippen LogP contribution in [0.3, 0.4) is 0 Å². The number of nitrogens with zero attached hydrogens (tertiary/aromatic N) is 1. The lowest BCUT2D eigenvalue weighted by Gasteiger charge is -2.24. The van der Waals surface area contributed by atoms with Crippen LogP contribution in [-0.2, 0) is 14.4 Å². The third-order valence-electron chi connectivity index (χ3n) is 3.92. The quantitative estimate of drug-likeness (QED) is 0.143. The van der Waals surface area contributed by atoms with Crippen LogP contribution < -0.4 is 27.8 Å². The van der Waals surface area contributed by atoms with Crippen molar-refractivity contribution in [2.75, 3.05) is 6.54 Å². The van der Waals surface area contributed by atoms with Crippen LogP contribution in [0.25, 0.3) is 0 Å². The van der Waals surface area contributed by atoms with Crippen LogP contribution in [0.4, 0.5) is 0 Å². The van der Waals surface area contributed by atoms with E-state index >= 15 is 0 Å². The highest BCUT2D eigenvalue weighted by atomic mass is 16.4. The van der Waals surface area contributed by atoms with Crippen LogP contribution in [0.5, 0.6) is 0 Å². The summed E-state index contributed by atoms with van der Waals surface area (Å²) in [6, 6.07) is -2.73. The third-order valence-corrected chi connectivity index (χ3v) is 3.92. The zero-order valence-corrected chi connectivity index (χ0v) is 16.6. The van der Waals surface area contributed by atoms with Gasteiger partial charge in [-0.15, -0.1) is 0 Å². The van der Waals surface area contributed by atoms with Crippen molar-refractivity contribution in [1.29, 1.82) is 0 Å². The van der Waals surface area contributed by atoms with Crippen molar-refractivity contribution in [3.8, 4) is 0 Å². The van der Waals surface area contributed by atoms with Crippen LogP contribution in [0.1, 0.15) is 47.0 Å². The Bertz CT molecular complexity index is 532. The number of amides is 2. The van der Waals surface area contributed by atoms with Gasteiger partial charge in [0.25, 0.3) is 0 Å². The molecule has 0 heterocycles. The van der Waals surface area contributed by atoms with Gasteiger partial charge in [-0.2, -0.15) is 0 Å². The molecule has 9 N–H and O–H groups in total. The second kappa shape index (κ2) is 12.1. The summed E-state index contributed by atoms with van der Waals surface area (Å²) in [5.74, 6) is -2.26. The number of carboxylic acids is 1. The number of carbonyl (C=O) groups is 3. The number of rotatable bonds is 12. The number of aliphatic imine (C=N–C) groups is 1. The van der Waals surface area contributed by atoms with E-state index in [1.54, 1.807) is 13.8 Å². The summed E-state index contributed by atoms with van der Waals surface area (Å²) in [6.07, 6.45) is 0.948. The Morgan fingerprint density at radius 3 is 2.00 bits per heavy atom. The average Bonchev–Trinajstić information content (AvgIpc) is 2.54. The fourth-order valence-electron chi connectivity index (χ4n) is 2.31. The zero-order valence-electron chi connectivity index (χ0n) is 16.6. The molecular weight excluding hydrogens is 352 g/mol. The highest BCUT2D eigenvalue weighted by Crippen LogP contribution is 2.07. The van der Waals surface area contributed by atoms with E-state index in [4.69, 9.17) is 17.2 Å². The molecule has 0 aromatic carbocycles. The fraction of sp³-hybridized carbons (Fsp3) is 0.765. The highest BCUT2D eigenvalue weighted by Gasteiger charge is 2.28. The molecule has 0 aliphatic heterocycles. The summed E-state index contributed by atoms with van der Waals surface area (Å²) in [6.45, 7) is 7.59. The lowest BCUT2D eigenvalue weighted by atomic mass is 10.0. The van der Waals surface area contributed by atoms with Gasteiger partial charge >= 0.3 is 5.97 Å². The Labute approximate surface area is 160 Å². The molecule has 3 unspecified atom stereocenters. The Morgan fingerprint density at radius 2 is 1.56 bits per heavy atom. The Morgan fingerprint density at radius 1 is 1.00 bits per heavy atom. The van der Waals surface area contributed by atoms with Crippen molar-refractivity contribution in [2.45, 2.75) is 65.1 Å². The molecule has 0 aliphatic carbocycles. The van der Waals surface area contributed by atoms with E-state index in [0.29, 0.717) is 6.42 Å². The molecular formula is C17H34N6O4. The Hall–Kier alpha value is -2.36. The molecule has 0 saturated carbocycles. The second-order valence-corrected chi connectivity index (χ2v) is 7.31. The van der Waals surface area contributed by atoms with Crippen LogP contribution in [0, 0.1) is 11.8 Å².